The monoisotopic (exact) mass is 302 g/mol. The first-order chi connectivity index (χ1) is 7.63. The van der Waals surface area contributed by atoms with Crippen LogP contribution in [0.3, 0.4) is 0 Å². The molecule has 90 valence electrons. The molecule has 0 bridgehead atoms. The molecule has 0 radical (unpaired) electrons. The van der Waals surface area contributed by atoms with Crippen LogP contribution >= 0.6 is 27.3 Å². The van der Waals surface area contributed by atoms with Gasteiger partial charge in [-0.05, 0) is 54.2 Å². The Balaban J connectivity index is 1.88. The first-order valence-corrected chi connectivity index (χ1v) is 7.43. The molecule has 0 atom stereocenters. The molecule has 0 amide bonds. The van der Waals surface area contributed by atoms with Gasteiger partial charge < -0.3 is 5.32 Å². The van der Waals surface area contributed by atoms with Crippen LogP contribution in [0, 0.1) is 0 Å². The van der Waals surface area contributed by atoms with Gasteiger partial charge in [0.05, 0.1) is 0 Å². The van der Waals surface area contributed by atoms with Gasteiger partial charge in [0.15, 0.2) is 0 Å². The molecule has 0 aliphatic carbocycles. The van der Waals surface area contributed by atoms with Crippen LogP contribution in [-0.4, -0.2) is 30.6 Å². The summed E-state index contributed by atoms with van der Waals surface area (Å²) in [6.07, 6.45) is 2.49. The van der Waals surface area contributed by atoms with Crippen molar-refractivity contribution in [2.24, 2.45) is 0 Å². The van der Waals surface area contributed by atoms with Crippen LogP contribution in [0.2, 0.25) is 0 Å². The lowest BCUT2D eigenvalue weighted by molar-refractivity contribution is 0.147. The molecule has 0 unspecified atom stereocenters. The minimum atomic E-state index is 0.350. The molecule has 16 heavy (non-hydrogen) atoms. The number of halogens is 1. The van der Waals surface area contributed by atoms with Crippen LogP contribution in [0.4, 0.5) is 0 Å². The van der Waals surface area contributed by atoms with Crippen molar-refractivity contribution in [3.8, 4) is 0 Å². The van der Waals surface area contributed by atoms with Gasteiger partial charge in [-0.15, -0.1) is 11.3 Å². The highest BCUT2D eigenvalue weighted by Gasteiger charge is 2.28. The molecular weight excluding hydrogens is 284 g/mol. The lowest BCUT2D eigenvalue weighted by atomic mass is 9.90. The molecule has 2 heterocycles. The number of hydrogen-bond donors (Lipinski definition) is 1. The summed E-state index contributed by atoms with van der Waals surface area (Å²) in [7, 11) is 2.07. The van der Waals surface area contributed by atoms with E-state index in [1.54, 1.807) is 0 Å². The third-order valence-corrected chi connectivity index (χ3v) is 5.53. The van der Waals surface area contributed by atoms with E-state index in [4.69, 9.17) is 0 Å². The van der Waals surface area contributed by atoms with Crippen LogP contribution in [0.25, 0.3) is 0 Å². The summed E-state index contributed by atoms with van der Waals surface area (Å²) in [5, 5.41) is 5.59. The van der Waals surface area contributed by atoms with Gasteiger partial charge >= 0.3 is 0 Å². The average molecular weight is 303 g/mol. The molecule has 1 aromatic rings. The Morgan fingerprint density at radius 2 is 2.19 bits per heavy atom. The number of thiophene rings is 1. The van der Waals surface area contributed by atoms with Crippen molar-refractivity contribution >= 4 is 27.3 Å². The number of nitrogens with zero attached hydrogens (tertiary/aromatic N) is 1. The number of hydrogen-bond acceptors (Lipinski definition) is 3. The minimum absolute atomic E-state index is 0.350. The van der Waals surface area contributed by atoms with Crippen molar-refractivity contribution < 1.29 is 0 Å². The average Bonchev–Trinajstić information content (AvgIpc) is 2.68. The first-order valence-electron chi connectivity index (χ1n) is 5.76. The molecule has 2 rings (SSSR count). The quantitative estimate of drug-likeness (QED) is 0.923. The second kappa shape index (κ2) is 5.17. The Hall–Kier alpha value is 0.100. The highest BCUT2D eigenvalue weighted by Crippen LogP contribution is 2.27. The fourth-order valence-electron chi connectivity index (χ4n) is 2.10. The molecule has 0 aromatic carbocycles. The van der Waals surface area contributed by atoms with Gasteiger partial charge in [0.1, 0.15) is 0 Å². The second-order valence-electron chi connectivity index (χ2n) is 4.78. The van der Waals surface area contributed by atoms with E-state index in [1.807, 2.05) is 11.3 Å². The van der Waals surface area contributed by atoms with Crippen LogP contribution in [0.5, 0.6) is 0 Å². The molecular formula is C12H19BrN2S. The third-order valence-electron chi connectivity index (χ3n) is 3.62. The number of nitrogens with one attached hydrogen (secondary N) is 1. The van der Waals surface area contributed by atoms with Crippen LogP contribution in [0.1, 0.15) is 24.6 Å². The predicted molar refractivity (Wildman–Crippen MR) is 74.0 cm³/mol. The van der Waals surface area contributed by atoms with E-state index in [9.17, 15) is 0 Å². The summed E-state index contributed by atoms with van der Waals surface area (Å²) < 4.78 is 1.26. The molecule has 1 saturated heterocycles. The molecule has 2 nitrogen and oxygen atoms in total. The summed E-state index contributed by atoms with van der Waals surface area (Å²) in [6.45, 7) is 5.81. The van der Waals surface area contributed by atoms with Gasteiger partial charge in [-0.2, -0.15) is 0 Å². The fourth-order valence-corrected chi connectivity index (χ4v) is 3.61. The Morgan fingerprint density at radius 3 is 2.69 bits per heavy atom. The Labute approximate surface area is 110 Å². The zero-order valence-corrected chi connectivity index (χ0v) is 12.3. The lowest BCUT2D eigenvalue weighted by Crippen LogP contribution is -2.49. The van der Waals surface area contributed by atoms with Crippen LogP contribution < -0.4 is 5.32 Å². The number of likely N-dealkylation sites (tertiary alicyclic amines) is 1. The largest absolute Gasteiger partial charge is 0.314 e. The maximum atomic E-state index is 3.60. The minimum Gasteiger partial charge on any atom is -0.314 e. The van der Waals surface area contributed by atoms with Crippen LogP contribution in [-0.2, 0) is 6.54 Å². The van der Waals surface area contributed by atoms with Gasteiger partial charge in [0.2, 0.25) is 0 Å². The maximum absolute atomic E-state index is 3.60. The molecule has 0 spiro atoms. The molecule has 1 fully saturated rings. The van der Waals surface area contributed by atoms with Crippen molar-refractivity contribution in [2.75, 3.05) is 20.1 Å². The van der Waals surface area contributed by atoms with E-state index in [0.29, 0.717) is 5.54 Å². The SMILES string of the molecule is CNC1(C)CCN(Cc2sccc2Br)CC1. The van der Waals surface area contributed by atoms with Crippen molar-refractivity contribution in [3.63, 3.8) is 0 Å². The van der Waals surface area contributed by atoms with Gasteiger partial charge in [-0.25, -0.2) is 0 Å². The Morgan fingerprint density at radius 1 is 1.50 bits per heavy atom. The molecule has 1 aromatic heterocycles. The van der Waals surface area contributed by atoms with Gasteiger partial charge in [0, 0.05) is 34.5 Å². The summed E-state index contributed by atoms with van der Waals surface area (Å²) in [5.74, 6) is 0. The van der Waals surface area contributed by atoms with Crippen molar-refractivity contribution in [1.29, 1.82) is 0 Å². The Bertz CT molecular complexity index is 343. The van der Waals surface area contributed by atoms with E-state index < -0.39 is 0 Å². The molecule has 0 saturated carbocycles. The van der Waals surface area contributed by atoms with E-state index in [0.717, 1.165) is 6.54 Å². The highest BCUT2D eigenvalue weighted by atomic mass is 79.9. The summed E-state index contributed by atoms with van der Waals surface area (Å²) >= 11 is 5.45. The van der Waals surface area contributed by atoms with E-state index in [1.165, 1.54) is 35.3 Å². The number of rotatable bonds is 3. The Kier molecular flexibility index (Phi) is 4.06. The van der Waals surface area contributed by atoms with Crippen molar-refractivity contribution in [3.05, 3.63) is 20.8 Å². The van der Waals surface area contributed by atoms with Crippen LogP contribution in [0.15, 0.2) is 15.9 Å². The normalized spacial score (nSPS) is 21.2. The van der Waals surface area contributed by atoms with Crippen molar-refractivity contribution in [1.82, 2.24) is 10.2 Å². The maximum Gasteiger partial charge on any atom is 0.0339 e. The van der Waals surface area contributed by atoms with E-state index in [2.05, 4.69) is 51.6 Å². The zero-order valence-electron chi connectivity index (χ0n) is 9.92. The predicted octanol–water partition coefficient (Wildman–Crippen LogP) is 3.08. The summed E-state index contributed by atoms with van der Waals surface area (Å²) in [4.78, 5) is 4.00. The van der Waals surface area contributed by atoms with Gasteiger partial charge in [0.25, 0.3) is 0 Å². The first kappa shape index (κ1) is 12.6. The standard InChI is InChI=1S/C12H19BrN2S/c1-12(14-2)4-6-15(7-5-12)9-11-10(13)3-8-16-11/h3,8,14H,4-7,9H2,1-2H3. The molecule has 1 aliphatic rings. The molecule has 4 heteroatoms. The summed E-state index contributed by atoms with van der Waals surface area (Å²) in [5.41, 5.74) is 0.350. The zero-order chi connectivity index (χ0) is 11.6. The molecule has 1 aliphatic heterocycles. The second-order valence-corrected chi connectivity index (χ2v) is 6.63. The van der Waals surface area contributed by atoms with Gasteiger partial charge in [-0.3, -0.25) is 4.90 Å². The molecule has 1 N–H and O–H groups in total. The number of piperidine rings is 1. The van der Waals surface area contributed by atoms with E-state index >= 15 is 0 Å². The van der Waals surface area contributed by atoms with E-state index in [-0.39, 0.29) is 0 Å². The fraction of sp³-hybridized carbons (Fsp3) is 0.667. The topological polar surface area (TPSA) is 15.3 Å². The van der Waals surface area contributed by atoms with Crippen molar-refractivity contribution in [2.45, 2.75) is 31.8 Å². The highest BCUT2D eigenvalue weighted by molar-refractivity contribution is 9.10. The smallest absolute Gasteiger partial charge is 0.0339 e. The summed E-state index contributed by atoms with van der Waals surface area (Å²) in [6, 6.07) is 2.14. The van der Waals surface area contributed by atoms with Gasteiger partial charge in [-0.1, -0.05) is 0 Å². The lowest BCUT2D eigenvalue weighted by Gasteiger charge is -2.39. The third kappa shape index (κ3) is 2.86.